The molecule has 17 heavy (non-hydrogen) atoms. The minimum absolute atomic E-state index is 0.280. The lowest BCUT2D eigenvalue weighted by Gasteiger charge is -2.32. The first kappa shape index (κ1) is 11.4. The first-order valence-electron chi connectivity index (χ1n) is 5.35. The van der Waals surface area contributed by atoms with E-state index in [2.05, 4.69) is 43.8 Å². The maximum Gasteiger partial charge on any atom is 0.114 e. The van der Waals surface area contributed by atoms with Crippen molar-refractivity contribution >= 4 is 38.6 Å². The van der Waals surface area contributed by atoms with Gasteiger partial charge in [0.25, 0.3) is 0 Å². The van der Waals surface area contributed by atoms with E-state index in [1.807, 2.05) is 0 Å². The molecule has 3 rings (SSSR count). The third-order valence-corrected chi connectivity index (χ3v) is 5.91. The number of hydrogen-bond donors (Lipinski definition) is 0. The quantitative estimate of drug-likeness (QED) is 0.810. The van der Waals surface area contributed by atoms with E-state index >= 15 is 0 Å². The molecule has 0 bridgehead atoms. The molecule has 0 saturated heterocycles. The zero-order valence-electron chi connectivity index (χ0n) is 8.94. The molecule has 2 aromatic heterocycles. The highest BCUT2D eigenvalue weighted by atomic mass is 79.9. The predicted molar refractivity (Wildman–Crippen MR) is 74.3 cm³/mol. The molecular formula is C12H9BrN2S2. The SMILES string of the molecule is N#CC1(c2nc(-c3cc(Br)cs3)cs2)CCC1. The molecule has 5 heteroatoms. The topological polar surface area (TPSA) is 36.7 Å². The van der Waals surface area contributed by atoms with E-state index in [-0.39, 0.29) is 5.41 Å². The minimum Gasteiger partial charge on any atom is -0.239 e. The van der Waals surface area contributed by atoms with Crippen LogP contribution < -0.4 is 0 Å². The van der Waals surface area contributed by atoms with Gasteiger partial charge in [-0.1, -0.05) is 0 Å². The molecule has 0 unspecified atom stereocenters. The van der Waals surface area contributed by atoms with Gasteiger partial charge in [0, 0.05) is 15.2 Å². The van der Waals surface area contributed by atoms with Crippen LogP contribution in [0.15, 0.2) is 21.3 Å². The highest BCUT2D eigenvalue weighted by Crippen LogP contribution is 2.45. The van der Waals surface area contributed by atoms with Gasteiger partial charge in [0.15, 0.2) is 0 Å². The van der Waals surface area contributed by atoms with Crippen LogP contribution in [0.1, 0.15) is 24.3 Å². The fraction of sp³-hybridized carbons (Fsp3) is 0.333. The summed E-state index contributed by atoms with van der Waals surface area (Å²) in [4.78, 5) is 5.80. The van der Waals surface area contributed by atoms with Crippen molar-refractivity contribution in [2.75, 3.05) is 0 Å². The van der Waals surface area contributed by atoms with Crippen molar-refractivity contribution in [3.05, 3.63) is 26.3 Å². The van der Waals surface area contributed by atoms with E-state index in [0.717, 1.165) is 39.3 Å². The highest BCUT2D eigenvalue weighted by molar-refractivity contribution is 9.10. The fourth-order valence-electron chi connectivity index (χ4n) is 1.96. The van der Waals surface area contributed by atoms with Gasteiger partial charge in [-0.25, -0.2) is 4.98 Å². The van der Waals surface area contributed by atoms with Gasteiger partial charge in [0.2, 0.25) is 0 Å². The van der Waals surface area contributed by atoms with Gasteiger partial charge < -0.3 is 0 Å². The number of rotatable bonds is 2. The second kappa shape index (κ2) is 4.20. The molecule has 1 fully saturated rings. The Kier molecular flexibility index (Phi) is 2.81. The van der Waals surface area contributed by atoms with Crippen LogP contribution in [0.3, 0.4) is 0 Å². The van der Waals surface area contributed by atoms with Gasteiger partial charge in [-0.2, -0.15) is 5.26 Å². The number of halogens is 1. The lowest BCUT2D eigenvalue weighted by Crippen LogP contribution is -2.32. The maximum absolute atomic E-state index is 9.29. The van der Waals surface area contributed by atoms with Gasteiger partial charge in [0.1, 0.15) is 10.4 Å². The smallest absolute Gasteiger partial charge is 0.114 e. The average molecular weight is 325 g/mol. The number of thiazole rings is 1. The molecule has 0 atom stereocenters. The molecule has 86 valence electrons. The Morgan fingerprint density at radius 1 is 1.35 bits per heavy atom. The van der Waals surface area contributed by atoms with Crippen LogP contribution in [0.5, 0.6) is 0 Å². The maximum atomic E-state index is 9.29. The number of aromatic nitrogens is 1. The number of nitriles is 1. The van der Waals surface area contributed by atoms with Gasteiger partial charge in [-0.3, -0.25) is 0 Å². The molecule has 2 aromatic rings. The van der Waals surface area contributed by atoms with E-state index in [0.29, 0.717) is 0 Å². The summed E-state index contributed by atoms with van der Waals surface area (Å²) in [6.45, 7) is 0. The standard InChI is InChI=1S/C12H9BrN2S2/c13-8-4-10(16-5-8)9-6-17-11(15-9)12(7-14)2-1-3-12/h4-6H,1-3H2. The molecule has 2 heterocycles. The summed E-state index contributed by atoms with van der Waals surface area (Å²) in [5.74, 6) is 0. The van der Waals surface area contributed by atoms with Crippen molar-refractivity contribution < 1.29 is 0 Å². The Morgan fingerprint density at radius 3 is 2.71 bits per heavy atom. The van der Waals surface area contributed by atoms with Crippen LogP contribution in [0.4, 0.5) is 0 Å². The van der Waals surface area contributed by atoms with Crippen molar-refractivity contribution in [1.82, 2.24) is 4.98 Å². The highest BCUT2D eigenvalue weighted by Gasteiger charge is 2.41. The Bertz CT molecular complexity index is 590. The summed E-state index contributed by atoms with van der Waals surface area (Å²) in [7, 11) is 0. The molecule has 0 aliphatic heterocycles. The Labute approximate surface area is 116 Å². The normalized spacial score (nSPS) is 17.4. The van der Waals surface area contributed by atoms with E-state index in [1.165, 1.54) is 0 Å². The fourth-order valence-corrected chi connectivity index (χ4v) is 4.45. The Hall–Kier alpha value is -0.700. The summed E-state index contributed by atoms with van der Waals surface area (Å²) >= 11 is 6.74. The summed E-state index contributed by atoms with van der Waals surface area (Å²) in [5, 5.41) is 14.4. The molecule has 0 amide bonds. The van der Waals surface area contributed by atoms with Crippen LogP contribution >= 0.6 is 38.6 Å². The third-order valence-electron chi connectivity index (χ3n) is 3.15. The molecule has 2 nitrogen and oxygen atoms in total. The molecule has 1 saturated carbocycles. The van der Waals surface area contributed by atoms with Crippen LogP contribution in [0.25, 0.3) is 10.6 Å². The second-order valence-electron chi connectivity index (χ2n) is 4.21. The van der Waals surface area contributed by atoms with Gasteiger partial charge in [0.05, 0.1) is 16.6 Å². The largest absolute Gasteiger partial charge is 0.239 e. The summed E-state index contributed by atoms with van der Waals surface area (Å²) in [6, 6.07) is 4.52. The van der Waals surface area contributed by atoms with E-state index in [1.54, 1.807) is 22.7 Å². The van der Waals surface area contributed by atoms with Crippen molar-refractivity contribution in [3.63, 3.8) is 0 Å². The van der Waals surface area contributed by atoms with Gasteiger partial charge >= 0.3 is 0 Å². The first-order chi connectivity index (χ1) is 8.23. The van der Waals surface area contributed by atoms with Crippen LogP contribution in [0, 0.1) is 11.3 Å². The van der Waals surface area contributed by atoms with E-state index in [9.17, 15) is 5.26 Å². The third kappa shape index (κ3) is 1.85. The van der Waals surface area contributed by atoms with Crippen LogP contribution in [0.2, 0.25) is 0 Å². The zero-order valence-corrected chi connectivity index (χ0v) is 12.2. The molecule has 0 aromatic carbocycles. The monoisotopic (exact) mass is 324 g/mol. The average Bonchev–Trinajstić information content (AvgIpc) is 2.86. The minimum atomic E-state index is -0.280. The Morgan fingerprint density at radius 2 is 2.18 bits per heavy atom. The van der Waals surface area contributed by atoms with E-state index in [4.69, 9.17) is 0 Å². The number of hydrogen-bond acceptors (Lipinski definition) is 4. The van der Waals surface area contributed by atoms with Crippen LogP contribution in [-0.2, 0) is 5.41 Å². The van der Waals surface area contributed by atoms with Crippen molar-refractivity contribution in [2.24, 2.45) is 0 Å². The lowest BCUT2D eigenvalue weighted by molar-refractivity contribution is 0.323. The van der Waals surface area contributed by atoms with Crippen molar-refractivity contribution in [1.29, 1.82) is 5.26 Å². The number of nitrogens with zero attached hydrogens (tertiary/aromatic N) is 2. The molecule has 0 radical (unpaired) electrons. The van der Waals surface area contributed by atoms with Gasteiger partial charge in [-0.05, 0) is 41.3 Å². The second-order valence-corrected chi connectivity index (χ2v) is 6.90. The molecule has 1 aliphatic rings. The molecular weight excluding hydrogens is 316 g/mol. The zero-order chi connectivity index (χ0) is 11.9. The van der Waals surface area contributed by atoms with E-state index < -0.39 is 0 Å². The molecule has 1 aliphatic carbocycles. The molecule has 0 N–H and O–H groups in total. The first-order valence-corrected chi connectivity index (χ1v) is 7.90. The van der Waals surface area contributed by atoms with Crippen LogP contribution in [-0.4, -0.2) is 4.98 Å². The molecule has 0 spiro atoms. The lowest BCUT2D eigenvalue weighted by atomic mass is 9.70. The van der Waals surface area contributed by atoms with Crippen molar-refractivity contribution in [3.8, 4) is 16.6 Å². The Balaban J connectivity index is 1.96. The number of thiophene rings is 1. The summed E-state index contributed by atoms with van der Waals surface area (Å²) < 4.78 is 1.09. The summed E-state index contributed by atoms with van der Waals surface area (Å²) in [6.07, 6.45) is 3.07. The predicted octanol–water partition coefficient (Wildman–Crippen LogP) is 4.58. The van der Waals surface area contributed by atoms with Gasteiger partial charge in [-0.15, -0.1) is 22.7 Å². The summed E-state index contributed by atoms with van der Waals surface area (Å²) in [5.41, 5.74) is 0.722. The van der Waals surface area contributed by atoms with Crippen molar-refractivity contribution in [2.45, 2.75) is 24.7 Å².